The SMILES string of the molecule is CSN(SC)C(=S)C(C)(C)C(=O)O. The Labute approximate surface area is 92.5 Å². The number of carboxylic acids is 1. The number of thiocarbonyl (C=S) groups is 1. The maximum absolute atomic E-state index is 10.9. The largest absolute Gasteiger partial charge is 0.481 e. The quantitative estimate of drug-likeness (QED) is 0.599. The van der Waals surface area contributed by atoms with Crippen molar-refractivity contribution in [3.63, 3.8) is 0 Å². The number of hydrogen-bond donors (Lipinski definition) is 1. The standard InChI is InChI=1S/C7H13NO2S3/c1-7(2,6(9)10)5(11)8(12-3)13-4/h1-4H3,(H,9,10). The monoisotopic (exact) mass is 239 g/mol. The van der Waals surface area contributed by atoms with Crippen molar-refractivity contribution in [1.82, 2.24) is 3.71 Å². The van der Waals surface area contributed by atoms with E-state index in [9.17, 15) is 4.79 Å². The molecule has 13 heavy (non-hydrogen) atoms. The summed E-state index contributed by atoms with van der Waals surface area (Å²) >= 11 is 7.92. The van der Waals surface area contributed by atoms with E-state index < -0.39 is 11.4 Å². The fraction of sp³-hybridized carbons (Fsp3) is 0.714. The van der Waals surface area contributed by atoms with Gasteiger partial charge < -0.3 is 5.11 Å². The summed E-state index contributed by atoms with van der Waals surface area (Å²) in [6.45, 7) is 3.22. The molecule has 0 fully saturated rings. The summed E-state index contributed by atoms with van der Waals surface area (Å²) in [6.07, 6.45) is 3.72. The van der Waals surface area contributed by atoms with Gasteiger partial charge >= 0.3 is 5.97 Å². The zero-order chi connectivity index (χ0) is 10.6. The number of carbonyl (C=O) groups is 1. The molecule has 0 radical (unpaired) electrons. The lowest BCUT2D eigenvalue weighted by atomic mass is 9.94. The van der Waals surface area contributed by atoms with Gasteiger partial charge in [-0.2, -0.15) is 0 Å². The average molecular weight is 239 g/mol. The number of rotatable bonds is 4. The molecule has 1 N–H and O–H groups in total. The summed E-state index contributed by atoms with van der Waals surface area (Å²) < 4.78 is 1.73. The number of aliphatic carboxylic acids is 1. The first-order chi connectivity index (χ1) is 5.87. The van der Waals surface area contributed by atoms with Gasteiger partial charge in [-0.15, -0.1) is 0 Å². The maximum atomic E-state index is 10.9. The van der Waals surface area contributed by atoms with Crippen LogP contribution in [0, 0.1) is 5.41 Å². The minimum absolute atomic E-state index is 0.431. The molecule has 0 aliphatic carbocycles. The second-order valence-corrected chi connectivity index (χ2v) is 4.94. The second-order valence-electron chi connectivity index (χ2n) is 2.86. The highest BCUT2D eigenvalue weighted by Gasteiger charge is 2.35. The minimum atomic E-state index is -0.985. The molecule has 0 heterocycles. The lowest BCUT2D eigenvalue weighted by Gasteiger charge is -2.27. The van der Waals surface area contributed by atoms with Gasteiger partial charge in [0.2, 0.25) is 0 Å². The number of hydrogen-bond acceptors (Lipinski definition) is 4. The third-order valence-corrected chi connectivity index (χ3v) is 4.41. The van der Waals surface area contributed by atoms with E-state index >= 15 is 0 Å². The van der Waals surface area contributed by atoms with Crippen molar-refractivity contribution in [2.75, 3.05) is 12.5 Å². The molecule has 0 aromatic heterocycles. The van der Waals surface area contributed by atoms with Crippen LogP contribution >= 0.6 is 36.1 Å². The van der Waals surface area contributed by atoms with E-state index in [1.54, 1.807) is 17.6 Å². The normalized spacial score (nSPS) is 11.1. The van der Waals surface area contributed by atoms with Gasteiger partial charge in [0, 0.05) is 12.5 Å². The lowest BCUT2D eigenvalue weighted by Crippen LogP contribution is -2.38. The van der Waals surface area contributed by atoms with E-state index in [0.29, 0.717) is 4.99 Å². The molecule has 0 rings (SSSR count). The van der Waals surface area contributed by atoms with Crippen LogP contribution in [0.25, 0.3) is 0 Å². The van der Waals surface area contributed by atoms with Crippen molar-refractivity contribution in [3.05, 3.63) is 0 Å². The molecule has 0 bridgehead atoms. The molecule has 0 aromatic carbocycles. The molecule has 3 nitrogen and oxygen atoms in total. The first-order valence-corrected chi connectivity index (χ1v) is 6.31. The van der Waals surface area contributed by atoms with Gasteiger partial charge in [0.25, 0.3) is 0 Å². The zero-order valence-corrected chi connectivity index (χ0v) is 10.5. The first-order valence-electron chi connectivity index (χ1n) is 3.54. The summed E-state index contributed by atoms with van der Waals surface area (Å²) in [5.74, 6) is -0.898. The van der Waals surface area contributed by atoms with E-state index in [0.717, 1.165) is 0 Å². The molecule has 0 unspecified atom stereocenters. The van der Waals surface area contributed by atoms with Crippen molar-refractivity contribution < 1.29 is 9.90 Å². The Bertz CT molecular complexity index is 214. The number of carboxylic acid groups (broad SMARTS) is 1. The van der Waals surface area contributed by atoms with Gasteiger partial charge in [-0.1, -0.05) is 12.2 Å². The van der Waals surface area contributed by atoms with Crippen LogP contribution in [0.5, 0.6) is 0 Å². The van der Waals surface area contributed by atoms with Crippen molar-refractivity contribution in [2.24, 2.45) is 5.41 Å². The molecule has 0 aromatic rings. The summed E-state index contributed by atoms with van der Waals surface area (Å²) in [7, 11) is 0. The second kappa shape index (κ2) is 5.07. The summed E-state index contributed by atoms with van der Waals surface area (Å²) in [6, 6.07) is 0. The van der Waals surface area contributed by atoms with E-state index in [4.69, 9.17) is 17.3 Å². The molecular weight excluding hydrogens is 226 g/mol. The Morgan fingerprint density at radius 1 is 1.38 bits per heavy atom. The molecule has 0 amide bonds. The maximum Gasteiger partial charge on any atom is 0.316 e. The van der Waals surface area contributed by atoms with E-state index in [-0.39, 0.29) is 0 Å². The van der Waals surface area contributed by atoms with Crippen LogP contribution < -0.4 is 0 Å². The summed E-state index contributed by atoms with van der Waals surface area (Å²) in [5.41, 5.74) is -0.985. The van der Waals surface area contributed by atoms with Crippen molar-refractivity contribution in [2.45, 2.75) is 13.8 Å². The van der Waals surface area contributed by atoms with Crippen LogP contribution in [-0.2, 0) is 4.79 Å². The Morgan fingerprint density at radius 2 is 1.77 bits per heavy atom. The summed E-state index contributed by atoms with van der Waals surface area (Å²) in [4.78, 5) is 11.3. The van der Waals surface area contributed by atoms with Crippen molar-refractivity contribution >= 4 is 47.1 Å². The third-order valence-electron chi connectivity index (χ3n) is 1.57. The van der Waals surface area contributed by atoms with Crippen LogP contribution in [0.1, 0.15) is 13.8 Å². The van der Waals surface area contributed by atoms with E-state index in [2.05, 4.69) is 0 Å². The number of nitrogens with zero attached hydrogens (tertiary/aromatic N) is 1. The minimum Gasteiger partial charge on any atom is -0.481 e. The highest BCUT2D eigenvalue weighted by Crippen LogP contribution is 2.28. The molecule has 0 aliphatic heterocycles. The van der Waals surface area contributed by atoms with E-state index in [1.165, 1.54) is 23.9 Å². The molecule has 0 atom stereocenters. The molecule has 6 heteroatoms. The Balaban J connectivity index is 4.66. The van der Waals surface area contributed by atoms with Crippen molar-refractivity contribution in [3.8, 4) is 0 Å². The van der Waals surface area contributed by atoms with Crippen molar-refractivity contribution in [1.29, 1.82) is 0 Å². The van der Waals surface area contributed by atoms with E-state index in [1.807, 2.05) is 12.5 Å². The van der Waals surface area contributed by atoms with Gasteiger partial charge in [-0.05, 0) is 37.7 Å². The molecule has 76 valence electrons. The lowest BCUT2D eigenvalue weighted by molar-refractivity contribution is -0.143. The smallest absolute Gasteiger partial charge is 0.316 e. The Morgan fingerprint density at radius 3 is 2.00 bits per heavy atom. The molecular formula is C7H13NO2S3. The van der Waals surface area contributed by atoms with Crippen LogP contribution in [0.3, 0.4) is 0 Å². The van der Waals surface area contributed by atoms with Crippen LogP contribution in [-0.4, -0.2) is 32.3 Å². The van der Waals surface area contributed by atoms with Gasteiger partial charge in [0.1, 0.15) is 10.4 Å². The third kappa shape index (κ3) is 3.03. The zero-order valence-electron chi connectivity index (χ0n) is 8.03. The van der Waals surface area contributed by atoms with Crippen LogP contribution in [0.2, 0.25) is 0 Å². The first kappa shape index (κ1) is 13.1. The predicted molar refractivity (Wildman–Crippen MR) is 62.9 cm³/mol. The Hall–Kier alpha value is 0.0600. The molecule has 0 aliphatic rings. The Kier molecular flexibility index (Phi) is 5.09. The predicted octanol–water partition coefficient (Wildman–Crippen LogP) is 2.28. The van der Waals surface area contributed by atoms with Gasteiger partial charge in [0.15, 0.2) is 0 Å². The summed E-state index contributed by atoms with van der Waals surface area (Å²) in [5, 5.41) is 8.92. The highest BCUT2D eigenvalue weighted by molar-refractivity contribution is 8.13. The molecule has 0 spiro atoms. The molecule has 0 saturated carbocycles. The van der Waals surface area contributed by atoms with Gasteiger partial charge in [0.05, 0.1) is 0 Å². The topological polar surface area (TPSA) is 40.5 Å². The van der Waals surface area contributed by atoms with Gasteiger partial charge in [-0.3, -0.25) is 8.51 Å². The molecule has 0 saturated heterocycles. The fourth-order valence-electron chi connectivity index (χ4n) is 0.560. The average Bonchev–Trinajstić information content (AvgIpc) is 2.06. The highest BCUT2D eigenvalue weighted by atomic mass is 32.2. The van der Waals surface area contributed by atoms with Crippen LogP contribution in [0.4, 0.5) is 0 Å². The van der Waals surface area contributed by atoms with Gasteiger partial charge in [-0.25, -0.2) is 0 Å². The van der Waals surface area contributed by atoms with Crippen LogP contribution in [0.15, 0.2) is 0 Å². The fourth-order valence-corrected chi connectivity index (χ4v) is 2.48.